The Morgan fingerprint density at radius 1 is 1.18 bits per heavy atom. The normalized spacial score (nSPS) is 11.4. The summed E-state index contributed by atoms with van der Waals surface area (Å²) in [6.07, 6.45) is 4.90. The Morgan fingerprint density at radius 3 is 2.50 bits per heavy atom. The van der Waals surface area contributed by atoms with Crippen LogP contribution in [-0.2, 0) is 0 Å². The topological polar surface area (TPSA) is 66.9 Å². The van der Waals surface area contributed by atoms with E-state index in [2.05, 4.69) is 22.0 Å². The van der Waals surface area contributed by atoms with E-state index >= 15 is 0 Å². The average molecular weight is 355 g/mol. The van der Waals surface area contributed by atoms with Crippen molar-refractivity contribution < 1.29 is 4.92 Å². The van der Waals surface area contributed by atoms with Crippen molar-refractivity contribution in [1.82, 2.24) is 0 Å². The molecule has 0 saturated carbocycles. The van der Waals surface area contributed by atoms with E-state index in [4.69, 9.17) is 0 Å². The van der Waals surface area contributed by atoms with E-state index in [-0.39, 0.29) is 5.69 Å². The molecule has 2 aromatic rings. The van der Waals surface area contributed by atoms with Crippen LogP contribution in [0.25, 0.3) is 11.6 Å². The van der Waals surface area contributed by atoms with E-state index in [9.17, 15) is 15.4 Å². The van der Waals surface area contributed by atoms with Crippen LogP contribution in [0.15, 0.2) is 65.2 Å². The molecule has 2 aromatic carbocycles. The maximum Gasteiger partial charge on any atom is 0.276 e. The molecular formula is C17H11BrN2O2. The number of allylic oxidation sites excluding steroid dienone is 3. The van der Waals surface area contributed by atoms with Gasteiger partial charge in [0.2, 0.25) is 0 Å². The molecule has 0 aromatic heterocycles. The highest BCUT2D eigenvalue weighted by Gasteiger charge is 2.08. The first-order valence-electron chi connectivity index (χ1n) is 6.39. The minimum Gasteiger partial charge on any atom is -0.258 e. The third-order valence-corrected chi connectivity index (χ3v) is 3.48. The number of nitrogens with zero attached hydrogens (tertiary/aromatic N) is 2. The summed E-state index contributed by atoms with van der Waals surface area (Å²) in [6, 6.07) is 16.0. The molecule has 4 nitrogen and oxygen atoms in total. The number of nitro groups is 1. The van der Waals surface area contributed by atoms with Gasteiger partial charge in [-0.1, -0.05) is 46.3 Å². The van der Waals surface area contributed by atoms with Gasteiger partial charge in [0.1, 0.15) is 0 Å². The van der Waals surface area contributed by atoms with E-state index in [0.29, 0.717) is 11.1 Å². The SMILES string of the molecule is N#CC(=CC=Cc1ccccc1[N+](=O)[O-])c1ccc(Br)cc1. The fourth-order valence-electron chi connectivity index (χ4n) is 1.87. The van der Waals surface area contributed by atoms with Crippen molar-refractivity contribution in [3.05, 3.63) is 86.4 Å². The van der Waals surface area contributed by atoms with Gasteiger partial charge in [-0.3, -0.25) is 10.1 Å². The molecule has 0 aliphatic carbocycles. The number of hydrogen-bond donors (Lipinski definition) is 0. The van der Waals surface area contributed by atoms with Gasteiger partial charge in [0.05, 0.1) is 22.1 Å². The van der Waals surface area contributed by atoms with Crippen molar-refractivity contribution in [2.45, 2.75) is 0 Å². The van der Waals surface area contributed by atoms with Gasteiger partial charge in [0, 0.05) is 10.5 Å². The maximum atomic E-state index is 10.9. The molecule has 2 rings (SSSR count). The van der Waals surface area contributed by atoms with Crippen molar-refractivity contribution >= 4 is 33.3 Å². The van der Waals surface area contributed by atoms with Gasteiger partial charge in [-0.25, -0.2) is 0 Å². The van der Waals surface area contributed by atoms with Crippen molar-refractivity contribution in [3.8, 4) is 6.07 Å². The first-order valence-corrected chi connectivity index (χ1v) is 7.19. The lowest BCUT2D eigenvalue weighted by Crippen LogP contribution is -1.90. The first kappa shape index (κ1) is 15.7. The molecule has 0 radical (unpaired) electrons. The van der Waals surface area contributed by atoms with Crippen LogP contribution in [0.4, 0.5) is 5.69 Å². The predicted molar refractivity (Wildman–Crippen MR) is 89.9 cm³/mol. The summed E-state index contributed by atoms with van der Waals surface area (Å²) in [5.74, 6) is 0. The molecule has 0 heterocycles. The molecule has 22 heavy (non-hydrogen) atoms. The van der Waals surface area contributed by atoms with Crippen molar-refractivity contribution in [3.63, 3.8) is 0 Å². The van der Waals surface area contributed by atoms with Crippen LogP contribution in [0.2, 0.25) is 0 Å². The second kappa shape index (κ2) is 7.34. The Kier molecular flexibility index (Phi) is 5.23. The number of benzene rings is 2. The third-order valence-electron chi connectivity index (χ3n) is 2.95. The fraction of sp³-hybridized carbons (Fsp3) is 0. The average Bonchev–Trinajstić information content (AvgIpc) is 2.53. The Hall–Kier alpha value is -2.71. The zero-order valence-corrected chi connectivity index (χ0v) is 13.0. The van der Waals surface area contributed by atoms with Crippen LogP contribution in [0.1, 0.15) is 11.1 Å². The van der Waals surface area contributed by atoms with Gasteiger partial charge >= 0.3 is 0 Å². The quantitative estimate of drug-likeness (QED) is 0.336. The van der Waals surface area contributed by atoms with Gasteiger partial charge in [0.15, 0.2) is 0 Å². The number of nitro benzene ring substituents is 1. The molecule has 0 bridgehead atoms. The number of halogens is 1. The molecule has 0 spiro atoms. The Labute approximate surface area is 136 Å². The lowest BCUT2D eigenvalue weighted by molar-refractivity contribution is -0.385. The van der Waals surface area contributed by atoms with Crippen LogP contribution in [-0.4, -0.2) is 4.92 Å². The van der Waals surface area contributed by atoms with Gasteiger partial charge < -0.3 is 0 Å². The zero-order chi connectivity index (χ0) is 15.9. The number of hydrogen-bond acceptors (Lipinski definition) is 3. The highest BCUT2D eigenvalue weighted by Crippen LogP contribution is 2.20. The smallest absolute Gasteiger partial charge is 0.258 e. The summed E-state index contributed by atoms with van der Waals surface area (Å²) < 4.78 is 0.934. The largest absolute Gasteiger partial charge is 0.276 e. The van der Waals surface area contributed by atoms with Gasteiger partial charge in [-0.15, -0.1) is 0 Å². The van der Waals surface area contributed by atoms with Crippen LogP contribution in [0, 0.1) is 21.4 Å². The molecule has 0 saturated heterocycles. The standard InChI is InChI=1S/C17H11BrN2O2/c18-16-10-8-13(9-11-16)15(12-19)6-3-5-14-4-1-2-7-17(14)20(21)22/h1-11H. The molecule has 0 unspecified atom stereocenters. The van der Waals surface area contributed by atoms with Gasteiger partial charge in [-0.2, -0.15) is 5.26 Å². The van der Waals surface area contributed by atoms with E-state index in [1.165, 1.54) is 6.07 Å². The minimum absolute atomic E-state index is 0.0364. The monoisotopic (exact) mass is 354 g/mol. The highest BCUT2D eigenvalue weighted by atomic mass is 79.9. The third kappa shape index (κ3) is 3.90. The highest BCUT2D eigenvalue weighted by molar-refractivity contribution is 9.10. The van der Waals surface area contributed by atoms with Crippen molar-refractivity contribution in [1.29, 1.82) is 5.26 Å². The summed E-state index contributed by atoms with van der Waals surface area (Å²) in [5, 5.41) is 20.1. The summed E-state index contributed by atoms with van der Waals surface area (Å²) >= 11 is 3.34. The minimum atomic E-state index is -0.427. The van der Waals surface area contributed by atoms with Crippen molar-refractivity contribution in [2.75, 3.05) is 0 Å². The van der Waals surface area contributed by atoms with Crippen molar-refractivity contribution in [2.24, 2.45) is 0 Å². The molecule has 108 valence electrons. The summed E-state index contributed by atoms with van der Waals surface area (Å²) in [7, 11) is 0. The van der Waals surface area contributed by atoms with Gasteiger partial charge in [0.25, 0.3) is 5.69 Å². The molecular weight excluding hydrogens is 344 g/mol. The van der Waals surface area contributed by atoms with Gasteiger partial charge in [-0.05, 0) is 35.9 Å². The molecule has 0 amide bonds. The Bertz CT molecular complexity index is 787. The lowest BCUT2D eigenvalue weighted by Gasteiger charge is -1.98. The van der Waals surface area contributed by atoms with E-state index in [0.717, 1.165) is 10.0 Å². The van der Waals surface area contributed by atoms with Crippen LogP contribution >= 0.6 is 15.9 Å². The predicted octanol–water partition coefficient (Wildman–Crippen LogP) is 4.98. The summed E-state index contributed by atoms with van der Waals surface area (Å²) in [5.41, 5.74) is 1.81. The molecule has 0 aliphatic rings. The van der Waals surface area contributed by atoms with E-state index < -0.39 is 4.92 Å². The Balaban J connectivity index is 2.28. The molecule has 0 N–H and O–H groups in total. The fourth-order valence-corrected chi connectivity index (χ4v) is 2.13. The zero-order valence-electron chi connectivity index (χ0n) is 11.4. The number of nitriles is 1. The van der Waals surface area contributed by atoms with Crippen LogP contribution in [0.5, 0.6) is 0 Å². The first-order chi connectivity index (χ1) is 10.6. The Morgan fingerprint density at radius 2 is 1.86 bits per heavy atom. The molecule has 0 atom stereocenters. The summed E-state index contributed by atoms with van der Waals surface area (Å²) in [4.78, 5) is 10.5. The van der Waals surface area contributed by atoms with Crippen LogP contribution < -0.4 is 0 Å². The van der Waals surface area contributed by atoms with E-state index in [1.54, 1.807) is 36.4 Å². The molecule has 5 heteroatoms. The second-order valence-electron chi connectivity index (χ2n) is 4.37. The maximum absolute atomic E-state index is 10.9. The van der Waals surface area contributed by atoms with Crippen LogP contribution in [0.3, 0.4) is 0 Å². The summed E-state index contributed by atoms with van der Waals surface area (Å²) in [6.45, 7) is 0. The number of para-hydroxylation sites is 1. The molecule has 0 fully saturated rings. The van der Waals surface area contributed by atoms with E-state index in [1.807, 2.05) is 24.3 Å². The molecule has 0 aliphatic heterocycles. The lowest BCUT2D eigenvalue weighted by atomic mass is 10.1. The second-order valence-corrected chi connectivity index (χ2v) is 5.29. The number of rotatable bonds is 4.